The Morgan fingerprint density at radius 2 is 2.00 bits per heavy atom. The zero-order valence-corrected chi connectivity index (χ0v) is 9.73. The molecule has 1 atom stereocenters. The van der Waals surface area contributed by atoms with Gasteiger partial charge in [0.05, 0.1) is 0 Å². The van der Waals surface area contributed by atoms with Gasteiger partial charge in [0.2, 0.25) is 5.91 Å². The molecule has 0 heterocycles. The van der Waals surface area contributed by atoms with Crippen LogP contribution in [-0.4, -0.2) is 26.0 Å². The molecule has 0 aliphatic heterocycles. The Bertz CT molecular complexity index is 148. The van der Waals surface area contributed by atoms with Crippen LogP contribution in [0.5, 0.6) is 0 Å². The number of hydrogen-bond acceptors (Lipinski definition) is 2. The molecule has 0 aliphatic carbocycles. The molecule has 84 valence electrons. The smallest absolute Gasteiger partial charge is 0.220 e. The predicted molar refractivity (Wildman–Crippen MR) is 60.2 cm³/mol. The van der Waals surface area contributed by atoms with Gasteiger partial charge in [-0.3, -0.25) is 4.79 Å². The zero-order chi connectivity index (χ0) is 10.8. The van der Waals surface area contributed by atoms with Crippen molar-refractivity contribution in [3.63, 3.8) is 0 Å². The summed E-state index contributed by atoms with van der Waals surface area (Å²) in [6, 6.07) is 0. The predicted octanol–water partition coefficient (Wildman–Crippen LogP) is 1.54. The van der Waals surface area contributed by atoms with Crippen LogP contribution < -0.4 is 10.6 Å². The van der Waals surface area contributed by atoms with Gasteiger partial charge in [-0.15, -0.1) is 0 Å². The summed E-state index contributed by atoms with van der Waals surface area (Å²) in [6.07, 6.45) is 4.02. The van der Waals surface area contributed by atoms with Crippen LogP contribution in [0.4, 0.5) is 0 Å². The molecular formula is C11H24N2O. The Morgan fingerprint density at radius 1 is 1.29 bits per heavy atom. The first-order chi connectivity index (χ1) is 6.70. The van der Waals surface area contributed by atoms with E-state index in [9.17, 15) is 4.79 Å². The maximum atomic E-state index is 11.3. The molecule has 0 rings (SSSR count). The molecule has 0 aliphatic rings. The molecular weight excluding hydrogens is 176 g/mol. The second-order valence-electron chi connectivity index (χ2n) is 3.92. The van der Waals surface area contributed by atoms with Gasteiger partial charge in [0.25, 0.3) is 0 Å². The highest BCUT2D eigenvalue weighted by molar-refractivity contribution is 5.75. The first kappa shape index (κ1) is 13.4. The minimum atomic E-state index is 0.196. The summed E-state index contributed by atoms with van der Waals surface area (Å²) in [5, 5.41) is 6.04. The largest absolute Gasteiger partial charge is 0.356 e. The average Bonchev–Trinajstić information content (AvgIpc) is 2.16. The zero-order valence-electron chi connectivity index (χ0n) is 9.73. The number of rotatable bonds is 8. The van der Waals surface area contributed by atoms with Crippen molar-refractivity contribution in [2.24, 2.45) is 5.92 Å². The highest BCUT2D eigenvalue weighted by Crippen LogP contribution is 1.98. The summed E-state index contributed by atoms with van der Waals surface area (Å²) in [5.41, 5.74) is 0. The second kappa shape index (κ2) is 9.00. The lowest BCUT2D eigenvalue weighted by atomic mass is 10.1. The Hall–Kier alpha value is -0.570. The van der Waals surface area contributed by atoms with E-state index in [0.29, 0.717) is 12.3 Å². The molecule has 3 heteroatoms. The first-order valence-corrected chi connectivity index (χ1v) is 5.62. The topological polar surface area (TPSA) is 41.1 Å². The van der Waals surface area contributed by atoms with Crippen LogP contribution >= 0.6 is 0 Å². The van der Waals surface area contributed by atoms with Gasteiger partial charge in [0.15, 0.2) is 0 Å². The fourth-order valence-electron chi connectivity index (χ4n) is 1.33. The number of hydrogen-bond donors (Lipinski definition) is 2. The summed E-state index contributed by atoms with van der Waals surface area (Å²) in [7, 11) is 1.93. The Balaban J connectivity index is 3.34. The number of carbonyl (C=O) groups excluding carboxylic acids is 1. The van der Waals surface area contributed by atoms with E-state index in [1.807, 2.05) is 7.05 Å². The molecule has 0 saturated heterocycles. The number of amides is 1. The number of unbranched alkanes of at least 4 members (excludes halogenated alkanes) is 2. The lowest BCUT2D eigenvalue weighted by molar-refractivity contribution is -0.121. The molecule has 0 radical (unpaired) electrons. The van der Waals surface area contributed by atoms with E-state index < -0.39 is 0 Å². The van der Waals surface area contributed by atoms with E-state index >= 15 is 0 Å². The summed E-state index contributed by atoms with van der Waals surface area (Å²) in [4.78, 5) is 11.3. The fourth-order valence-corrected chi connectivity index (χ4v) is 1.33. The second-order valence-corrected chi connectivity index (χ2v) is 3.92. The molecule has 0 bridgehead atoms. The van der Waals surface area contributed by atoms with Gasteiger partial charge in [0, 0.05) is 13.0 Å². The quantitative estimate of drug-likeness (QED) is 0.584. The summed E-state index contributed by atoms with van der Waals surface area (Å²) in [5.74, 6) is 0.705. The molecule has 14 heavy (non-hydrogen) atoms. The van der Waals surface area contributed by atoms with Crippen molar-refractivity contribution >= 4 is 5.91 Å². The van der Waals surface area contributed by atoms with Crippen LogP contribution in [0.15, 0.2) is 0 Å². The Morgan fingerprint density at radius 3 is 2.57 bits per heavy atom. The molecule has 2 N–H and O–H groups in total. The number of carbonyl (C=O) groups is 1. The monoisotopic (exact) mass is 200 g/mol. The maximum absolute atomic E-state index is 11.3. The Kier molecular flexibility index (Phi) is 8.64. The van der Waals surface area contributed by atoms with Crippen molar-refractivity contribution in [1.82, 2.24) is 10.6 Å². The van der Waals surface area contributed by atoms with Gasteiger partial charge in [-0.25, -0.2) is 0 Å². The van der Waals surface area contributed by atoms with Crippen LogP contribution in [0.3, 0.4) is 0 Å². The van der Waals surface area contributed by atoms with Crippen LogP contribution in [0.2, 0.25) is 0 Å². The summed E-state index contributed by atoms with van der Waals surface area (Å²) >= 11 is 0. The minimum absolute atomic E-state index is 0.196. The van der Waals surface area contributed by atoms with E-state index in [-0.39, 0.29) is 5.91 Å². The van der Waals surface area contributed by atoms with Gasteiger partial charge in [-0.05, 0) is 25.9 Å². The highest BCUT2D eigenvalue weighted by atomic mass is 16.1. The van der Waals surface area contributed by atoms with Crippen LogP contribution in [0, 0.1) is 5.92 Å². The molecule has 0 aromatic rings. The van der Waals surface area contributed by atoms with Gasteiger partial charge < -0.3 is 10.6 Å². The SMILES string of the molecule is CCCCCC(=O)NCC(C)CNC. The van der Waals surface area contributed by atoms with Crippen LogP contribution in [-0.2, 0) is 4.79 Å². The fraction of sp³-hybridized carbons (Fsp3) is 0.909. The normalized spacial score (nSPS) is 12.5. The minimum Gasteiger partial charge on any atom is -0.356 e. The van der Waals surface area contributed by atoms with Crippen molar-refractivity contribution in [1.29, 1.82) is 0 Å². The number of nitrogens with one attached hydrogen (secondary N) is 2. The lowest BCUT2D eigenvalue weighted by Gasteiger charge is -2.11. The van der Waals surface area contributed by atoms with Crippen molar-refractivity contribution < 1.29 is 4.79 Å². The maximum Gasteiger partial charge on any atom is 0.220 e. The van der Waals surface area contributed by atoms with Crippen molar-refractivity contribution in [3.8, 4) is 0 Å². The molecule has 0 aromatic carbocycles. The third kappa shape index (κ3) is 8.05. The molecule has 0 aromatic heterocycles. The van der Waals surface area contributed by atoms with Gasteiger partial charge in [-0.2, -0.15) is 0 Å². The van der Waals surface area contributed by atoms with Gasteiger partial charge >= 0.3 is 0 Å². The standard InChI is InChI=1S/C11H24N2O/c1-4-5-6-7-11(14)13-9-10(2)8-12-3/h10,12H,4-9H2,1-3H3,(H,13,14). The third-order valence-corrected chi connectivity index (χ3v) is 2.21. The van der Waals surface area contributed by atoms with Gasteiger partial charge in [-0.1, -0.05) is 26.7 Å². The summed E-state index contributed by atoms with van der Waals surface area (Å²) < 4.78 is 0. The Labute approximate surface area is 87.6 Å². The third-order valence-electron chi connectivity index (χ3n) is 2.21. The average molecular weight is 200 g/mol. The van der Waals surface area contributed by atoms with Crippen LogP contribution in [0.25, 0.3) is 0 Å². The first-order valence-electron chi connectivity index (χ1n) is 5.62. The van der Waals surface area contributed by atoms with E-state index in [1.54, 1.807) is 0 Å². The highest BCUT2D eigenvalue weighted by Gasteiger charge is 2.03. The molecule has 3 nitrogen and oxygen atoms in total. The van der Waals surface area contributed by atoms with Crippen LogP contribution in [0.1, 0.15) is 39.5 Å². The van der Waals surface area contributed by atoms with E-state index in [1.165, 1.54) is 6.42 Å². The van der Waals surface area contributed by atoms with Crippen molar-refractivity contribution in [2.75, 3.05) is 20.1 Å². The molecule has 0 saturated carbocycles. The summed E-state index contributed by atoms with van der Waals surface area (Å²) in [6.45, 7) is 6.01. The van der Waals surface area contributed by atoms with Gasteiger partial charge in [0.1, 0.15) is 0 Å². The molecule has 1 unspecified atom stereocenters. The molecule has 1 amide bonds. The lowest BCUT2D eigenvalue weighted by Crippen LogP contribution is -2.31. The molecule has 0 spiro atoms. The molecule has 0 fully saturated rings. The van der Waals surface area contributed by atoms with E-state index in [2.05, 4.69) is 24.5 Å². The van der Waals surface area contributed by atoms with Crippen molar-refractivity contribution in [2.45, 2.75) is 39.5 Å². The van der Waals surface area contributed by atoms with Crippen molar-refractivity contribution in [3.05, 3.63) is 0 Å². The van der Waals surface area contributed by atoms with E-state index in [0.717, 1.165) is 25.9 Å². The van der Waals surface area contributed by atoms with E-state index in [4.69, 9.17) is 0 Å².